The van der Waals surface area contributed by atoms with Crippen molar-refractivity contribution in [3.8, 4) is 0 Å². The van der Waals surface area contributed by atoms with Gasteiger partial charge in [0, 0.05) is 18.5 Å². The summed E-state index contributed by atoms with van der Waals surface area (Å²) in [6, 6.07) is 5.01. The smallest absolute Gasteiger partial charge is 0.335 e. The van der Waals surface area contributed by atoms with E-state index in [9.17, 15) is 4.79 Å². The lowest BCUT2D eigenvalue weighted by Gasteiger charge is -2.18. The minimum Gasteiger partial charge on any atom is -0.478 e. The Hall–Kier alpha value is -2.17. The van der Waals surface area contributed by atoms with Crippen LogP contribution in [0, 0.1) is 5.92 Å². The number of hydrogen-bond acceptors (Lipinski definition) is 4. The van der Waals surface area contributed by atoms with E-state index in [-0.39, 0.29) is 5.56 Å². The number of anilines is 1. The van der Waals surface area contributed by atoms with Gasteiger partial charge < -0.3 is 10.0 Å². The zero-order chi connectivity index (χ0) is 13.4. The summed E-state index contributed by atoms with van der Waals surface area (Å²) in [6.45, 7) is 4.21. The van der Waals surface area contributed by atoms with E-state index in [2.05, 4.69) is 21.8 Å². The summed E-state index contributed by atoms with van der Waals surface area (Å²) < 4.78 is 0. The molecule has 3 rings (SSSR count). The lowest BCUT2D eigenvalue weighted by Crippen LogP contribution is -2.20. The highest BCUT2D eigenvalue weighted by atomic mass is 16.4. The van der Waals surface area contributed by atoms with Crippen LogP contribution in [-0.2, 0) is 0 Å². The van der Waals surface area contributed by atoms with Gasteiger partial charge in [0.25, 0.3) is 0 Å². The topological polar surface area (TPSA) is 66.3 Å². The molecule has 1 unspecified atom stereocenters. The molecule has 1 aromatic heterocycles. The molecule has 19 heavy (non-hydrogen) atoms. The number of hydrogen-bond donors (Lipinski definition) is 1. The average Bonchev–Trinajstić information content (AvgIpc) is 2.84. The summed E-state index contributed by atoms with van der Waals surface area (Å²) in [5, 5.41) is 9.92. The van der Waals surface area contributed by atoms with Crippen LogP contribution in [0.5, 0.6) is 0 Å². The second-order valence-corrected chi connectivity index (χ2v) is 5.07. The third-order valence-electron chi connectivity index (χ3n) is 3.59. The number of fused-ring (bicyclic) bond motifs is 1. The lowest BCUT2D eigenvalue weighted by atomic mass is 10.1. The summed E-state index contributed by atoms with van der Waals surface area (Å²) in [5.74, 6) is 0.645. The number of carboxylic acids is 1. The number of aromatic carboxylic acids is 1. The first-order valence-electron chi connectivity index (χ1n) is 6.38. The summed E-state index contributed by atoms with van der Waals surface area (Å²) in [6.07, 6.45) is 2.67. The molecule has 0 radical (unpaired) electrons. The van der Waals surface area contributed by atoms with Crippen LogP contribution >= 0.6 is 0 Å². The quantitative estimate of drug-likeness (QED) is 0.893. The fourth-order valence-electron chi connectivity index (χ4n) is 2.56. The van der Waals surface area contributed by atoms with Crippen LogP contribution in [0.3, 0.4) is 0 Å². The van der Waals surface area contributed by atoms with E-state index >= 15 is 0 Å². The molecular weight excluding hydrogens is 242 g/mol. The molecule has 98 valence electrons. The van der Waals surface area contributed by atoms with E-state index in [0.717, 1.165) is 24.3 Å². The zero-order valence-electron chi connectivity index (χ0n) is 10.7. The number of carboxylic acid groups (broad SMARTS) is 1. The minimum absolute atomic E-state index is 0.256. The highest BCUT2D eigenvalue weighted by molar-refractivity contribution is 5.96. The Morgan fingerprint density at radius 1 is 1.42 bits per heavy atom. The molecule has 2 heterocycles. The highest BCUT2D eigenvalue weighted by Crippen LogP contribution is 2.28. The van der Waals surface area contributed by atoms with Gasteiger partial charge in [-0.1, -0.05) is 6.92 Å². The Morgan fingerprint density at radius 2 is 2.26 bits per heavy atom. The van der Waals surface area contributed by atoms with Gasteiger partial charge in [-0.2, -0.15) is 0 Å². The van der Waals surface area contributed by atoms with E-state index in [1.807, 2.05) is 0 Å². The van der Waals surface area contributed by atoms with Gasteiger partial charge in [-0.25, -0.2) is 14.8 Å². The summed E-state index contributed by atoms with van der Waals surface area (Å²) in [4.78, 5) is 21.8. The molecule has 0 bridgehead atoms. The number of nitrogens with zero attached hydrogens (tertiary/aromatic N) is 3. The Balaban J connectivity index is 2.08. The Bertz CT molecular complexity index is 642. The van der Waals surface area contributed by atoms with E-state index in [1.54, 1.807) is 18.2 Å². The SMILES string of the molecule is CC1CCN(c2ncnc3cc(C(=O)O)ccc23)C1. The van der Waals surface area contributed by atoms with Gasteiger partial charge >= 0.3 is 5.97 Å². The Labute approximate surface area is 110 Å². The van der Waals surface area contributed by atoms with Gasteiger partial charge in [0.2, 0.25) is 0 Å². The average molecular weight is 257 g/mol. The number of aromatic nitrogens is 2. The maximum absolute atomic E-state index is 11.0. The van der Waals surface area contributed by atoms with Crippen LogP contribution in [0.1, 0.15) is 23.7 Å². The standard InChI is InChI=1S/C14H15N3O2/c1-9-4-5-17(7-9)13-11-3-2-10(14(18)19)6-12(11)15-8-16-13/h2-3,6,8-9H,4-5,7H2,1H3,(H,18,19). The molecule has 2 aromatic rings. The molecule has 1 atom stereocenters. The van der Waals surface area contributed by atoms with Crippen molar-refractivity contribution in [2.75, 3.05) is 18.0 Å². The van der Waals surface area contributed by atoms with Crippen molar-refractivity contribution < 1.29 is 9.90 Å². The molecule has 0 spiro atoms. The fourth-order valence-corrected chi connectivity index (χ4v) is 2.56. The second-order valence-electron chi connectivity index (χ2n) is 5.07. The van der Waals surface area contributed by atoms with Crippen LogP contribution in [0.4, 0.5) is 5.82 Å². The molecule has 5 heteroatoms. The number of rotatable bonds is 2. The molecule has 1 saturated heterocycles. The monoisotopic (exact) mass is 257 g/mol. The van der Waals surface area contributed by atoms with E-state index in [0.29, 0.717) is 11.4 Å². The Morgan fingerprint density at radius 3 is 2.95 bits per heavy atom. The summed E-state index contributed by atoms with van der Waals surface area (Å²) in [7, 11) is 0. The second kappa shape index (κ2) is 4.50. The maximum Gasteiger partial charge on any atom is 0.335 e. The lowest BCUT2D eigenvalue weighted by molar-refractivity contribution is 0.0697. The zero-order valence-corrected chi connectivity index (χ0v) is 10.7. The molecule has 0 saturated carbocycles. The van der Waals surface area contributed by atoms with Crippen LogP contribution in [-0.4, -0.2) is 34.1 Å². The minimum atomic E-state index is -0.933. The predicted molar refractivity (Wildman–Crippen MR) is 72.5 cm³/mol. The van der Waals surface area contributed by atoms with Gasteiger partial charge in [-0.15, -0.1) is 0 Å². The van der Waals surface area contributed by atoms with Crippen molar-refractivity contribution in [1.82, 2.24) is 9.97 Å². The van der Waals surface area contributed by atoms with E-state index in [1.165, 1.54) is 12.7 Å². The maximum atomic E-state index is 11.0. The van der Waals surface area contributed by atoms with Crippen molar-refractivity contribution in [3.05, 3.63) is 30.1 Å². The van der Waals surface area contributed by atoms with Gasteiger partial charge in [-0.3, -0.25) is 0 Å². The molecule has 1 aliphatic heterocycles. The van der Waals surface area contributed by atoms with Crippen molar-refractivity contribution in [3.63, 3.8) is 0 Å². The molecular formula is C14H15N3O2. The van der Waals surface area contributed by atoms with Gasteiger partial charge in [0.05, 0.1) is 11.1 Å². The van der Waals surface area contributed by atoms with Gasteiger partial charge in [0.15, 0.2) is 0 Å². The van der Waals surface area contributed by atoms with Crippen molar-refractivity contribution in [1.29, 1.82) is 0 Å². The van der Waals surface area contributed by atoms with Crippen molar-refractivity contribution in [2.45, 2.75) is 13.3 Å². The first kappa shape index (κ1) is 11.9. The first-order chi connectivity index (χ1) is 9.15. The van der Waals surface area contributed by atoms with Crippen molar-refractivity contribution >= 4 is 22.7 Å². The molecule has 0 amide bonds. The Kier molecular flexibility index (Phi) is 2.81. The van der Waals surface area contributed by atoms with Crippen molar-refractivity contribution in [2.24, 2.45) is 5.92 Å². The molecule has 0 aliphatic carbocycles. The van der Waals surface area contributed by atoms with Crippen LogP contribution < -0.4 is 4.90 Å². The van der Waals surface area contributed by atoms with Gasteiger partial charge in [-0.05, 0) is 30.5 Å². The van der Waals surface area contributed by atoms with E-state index in [4.69, 9.17) is 5.11 Å². The largest absolute Gasteiger partial charge is 0.478 e. The predicted octanol–water partition coefficient (Wildman–Crippen LogP) is 2.17. The third-order valence-corrected chi connectivity index (χ3v) is 3.59. The van der Waals surface area contributed by atoms with Gasteiger partial charge in [0.1, 0.15) is 12.1 Å². The van der Waals surface area contributed by atoms with E-state index < -0.39 is 5.97 Å². The summed E-state index contributed by atoms with van der Waals surface area (Å²) >= 11 is 0. The normalized spacial score (nSPS) is 19.0. The number of benzene rings is 1. The summed E-state index contributed by atoms with van der Waals surface area (Å²) in [5.41, 5.74) is 0.941. The van der Waals surface area contributed by atoms with Crippen LogP contribution in [0.2, 0.25) is 0 Å². The van der Waals surface area contributed by atoms with Crippen LogP contribution in [0.15, 0.2) is 24.5 Å². The molecule has 1 aliphatic rings. The first-order valence-corrected chi connectivity index (χ1v) is 6.38. The third kappa shape index (κ3) is 2.12. The molecule has 1 N–H and O–H groups in total. The van der Waals surface area contributed by atoms with Crippen LogP contribution in [0.25, 0.3) is 10.9 Å². The molecule has 1 aromatic carbocycles. The fraction of sp³-hybridized carbons (Fsp3) is 0.357. The number of carbonyl (C=O) groups is 1. The molecule has 5 nitrogen and oxygen atoms in total. The highest BCUT2D eigenvalue weighted by Gasteiger charge is 2.21. The molecule has 1 fully saturated rings.